The van der Waals surface area contributed by atoms with Crippen molar-refractivity contribution in [1.82, 2.24) is 0 Å². The molecule has 280 valence electrons. The molecule has 6 heteroatoms. The lowest BCUT2D eigenvalue weighted by Crippen LogP contribution is -2.10. The number of benzene rings is 1. The van der Waals surface area contributed by atoms with Crippen molar-refractivity contribution in [3.8, 4) is 11.5 Å². The number of ether oxygens (including phenoxy) is 4. The Morgan fingerprint density at radius 1 is 0.469 bits per heavy atom. The molecule has 0 spiro atoms. The SMILES string of the molecule is CCCCCCCCC1OC1CCCCCCCC(=O)Oc1cc(C)cc(OC(=O)CCCCCCCC2OC2CCCCCCCC)c1. The number of hydrogen-bond donors (Lipinski definition) is 0. The maximum atomic E-state index is 12.5. The van der Waals surface area contributed by atoms with Gasteiger partial charge in [-0.05, 0) is 63.1 Å². The number of carbonyl (C=O) groups excluding carboxylic acids is 2. The molecule has 0 bridgehead atoms. The molecule has 2 fully saturated rings. The van der Waals surface area contributed by atoms with Crippen LogP contribution in [-0.4, -0.2) is 36.4 Å². The van der Waals surface area contributed by atoms with Gasteiger partial charge >= 0.3 is 11.9 Å². The second-order valence-corrected chi connectivity index (χ2v) is 15.1. The van der Waals surface area contributed by atoms with Crippen LogP contribution in [0.25, 0.3) is 0 Å². The number of esters is 2. The summed E-state index contributed by atoms with van der Waals surface area (Å²) in [4.78, 5) is 24.9. The molecule has 2 aliphatic heterocycles. The van der Waals surface area contributed by atoms with E-state index in [0.29, 0.717) is 48.8 Å². The van der Waals surface area contributed by atoms with E-state index in [9.17, 15) is 9.59 Å². The number of aryl methyl sites for hydroxylation is 1. The summed E-state index contributed by atoms with van der Waals surface area (Å²) in [5.74, 6) is 0.435. The third-order valence-corrected chi connectivity index (χ3v) is 10.3. The van der Waals surface area contributed by atoms with E-state index >= 15 is 0 Å². The molecule has 0 N–H and O–H groups in total. The van der Waals surface area contributed by atoms with Crippen LogP contribution in [0.3, 0.4) is 0 Å². The molecule has 2 aliphatic rings. The molecule has 49 heavy (non-hydrogen) atoms. The predicted molar refractivity (Wildman–Crippen MR) is 200 cm³/mol. The van der Waals surface area contributed by atoms with Crippen LogP contribution in [-0.2, 0) is 19.1 Å². The molecule has 4 unspecified atom stereocenters. The molecule has 2 saturated heterocycles. The molecular weight excluding hydrogens is 612 g/mol. The van der Waals surface area contributed by atoms with Gasteiger partial charge in [0, 0.05) is 18.9 Å². The Morgan fingerprint density at radius 3 is 1.12 bits per heavy atom. The van der Waals surface area contributed by atoms with Crippen molar-refractivity contribution >= 4 is 11.9 Å². The summed E-state index contributed by atoms with van der Waals surface area (Å²) in [6.07, 6.45) is 34.7. The first-order valence-corrected chi connectivity index (χ1v) is 20.8. The normalized spacial score (nSPS) is 19.6. The molecule has 0 aromatic heterocycles. The fourth-order valence-corrected chi connectivity index (χ4v) is 7.11. The Bertz CT molecular complexity index is 947. The Morgan fingerprint density at radius 2 is 0.776 bits per heavy atom. The lowest BCUT2D eigenvalue weighted by Gasteiger charge is -2.09. The topological polar surface area (TPSA) is 77.7 Å². The van der Waals surface area contributed by atoms with Gasteiger partial charge in [-0.2, -0.15) is 0 Å². The summed E-state index contributed by atoms with van der Waals surface area (Å²) in [5, 5.41) is 0. The second kappa shape index (κ2) is 25.9. The third kappa shape index (κ3) is 20.5. The van der Waals surface area contributed by atoms with Crippen LogP contribution < -0.4 is 9.47 Å². The smallest absolute Gasteiger partial charge is 0.311 e. The fourth-order valence-electron chi connectivity index (χ4n) is 7.11. The minimum absolute atomic E-state index is 0.228. The van der Waals surface area contributed by atoms with Crippen molar-refractivity contribution in [2.75, 3.05) is 0 Å². The first kappa shape index (κ1) is 41.5. The van der Waals surface area contributed by atoms with E-state index in [1.807, 2.05) is 19.1 Å². The third-order valence-electron chi connectivity index (χ3n) is 10.3. The van der Waals surface area contributed by atoms with Crippen molar-refractivity contribution < 1.29 is 28.5 Å². The number of unbranched alkanes of at least 4 members (excludes halogenated alkanes) is 18. The summed E-state index contributed by atoms with van der Waals surface area (Å²) in [5.41, 5.74) is 0.899. The first-order chi connectivity index (χ1) is 24.0. The molecule has 0 saturated carbocycles. The van der Waals surface area contributed by atoms with Crippen LogP contribution in [0.2, 0.25) is 0 Å². The minimum atomic E-state index is -0.228. The van der Waals surface area contributed by atoms with Gasteiger partial charge in [-0.3, -0.25) is 9.59 Å². The van der Waals surface area contributed by atoms with Crippen molar-refractivity contribution in [1.29, 1.82) is 0 Å². The van der Waals surface area contributed by atoms with Crippen molar-refractivity contribution in [3.63, 3.8) is 0 Å². The van der Waals surface area contributed by atoms with E-state index in [-0.39, 0.29) is 11.9 Å². The van der Waals surface area contributed by atoms with E-state index < -0.39 is 0 Å². The van der Waals surface area contributed by atoms with Gasteiger partial charge < -0.3 is 18.9 Å². The standard InChI is InChI=1S/C43H72O6/c1-4-6-8-10-14-20-26-38-40(48-38)28-22-16-12-18-24-30-42(44)46-36-32-35(3)33-37(34-36)47-43(45)31-25-19-13-17-23-29-41-39(49-41)27-21-15-11-9-7-5-2/h32-34,38-41H,4-31H2,1-3H3. The summed E-state index contributed by atoms with van der Waals surface area (Å²) in [7, 11) is 0. The lowest BCUT2D eigenvalue weighted by molar-refractivity contribution is -0.135. The van der Waals surface area contributed by atoms with Crippen LogP contribution in [0.15, 0.2) is 18.2 Å². The summed E-state index contributed by atoms with van der Waals surface area (Å²) in [6, 6.07) is 5.29. The maximum Gasteiger partial charge on any atom is 0.311 e. The van der Waals surface area contributed by atoms with Gasteiger partial charge in [-0.15, -0.1) is 0 Å². The van der Waals surface area contributed by atoms with E-state index in [4.69, 9.17) is 18.9 Å². The summed E-state index contributed by atoms with van der Waals surface area (Å²) < 4.78 is 22.9. The Balaban J connectivity index is 1.13. The average molecular weight is 685 g/mol. The van der Waals surface area contributed by atoms with Gasteiger partial charge in [0.25, 0.3) is 0 Å². The van der Waals surface area contributed by atoms with Gasteiger partial charge in [-0.25, -0.2) is 0 Å². The van der Waals surface area contributed by atoms with Crippen LogP contribution in [0.5, 0.6) is 11.5 Å². The number of carbonyl (C=O) groups is 2. The highest BCUT2D eigenvalue weighted by Gasteiger charge is 2.37. The minimum Gasteiger partial charge on any atom is -0.426 e. The summed E-state index contributed by atoms with van der Waals surface area (Å²) >= 11 is 0. The highest BCUT2D eigenvalue weighted by Crippen LogP contribution is 2.33. The van der Waals surface area contributed by atoms with Crippen LogP contribution in [0.4, 0.5) is 0 Å². The molecule has 3 rings (SSSR count). The fraction of sp³-hybridized carbons (Fsp3) is 0.814. The largest absolute Gasteiger partial charge is 0.426 e. The molecule has 6 nitrogen and oxygen atoms in total. The van der Waals surface area contributed by atoms with Crippen LogP contribution >= 0.6 is 0 Å². The zero-order chi connectivity index (χ0) is 34.9. The molecule has 0 aliphatic carbocycles. The van der Waals surface area contributed by atoms with Gasteiger partial charge in [0.15, 0.2) is 0 Å². The quantitative estimate of drug-likeness (QED) is 0.0325. The molecule has 1 aromatic carbocycles. The van der Waals surface area contributed by atoms with Gasteiger partial charge in [0.1, 0.15) is 11.5 Å². The van der Waals surface area contributed by atoms with Crippen molar-refractivity contribution in [2.45, 2.75) is 225 Å². The number of rotatable bonds is 32. The zero-order valence-electron chi connectivity index (χ0n) is 31.8. The molecule has 0 radical (unpaired) electrons. The van der Waals surface area contributed by atoms with Crippen LogP contribution in [0, 0.1) is 6.92 Å². The van der Waals surface area contributed by atoms with Gasteiger partial charge in [-0.1, -0.05) is 142 Å². The highest BCUT2D eigenvalue weighted by atomic mass is 16.6. The maximum absolute atomic E-state index is 12.5. The monoisotopic (exact) mass is 685 g/mol. The first-order valence-electron chi connectivity index (χ1n) is 20.8. The predicted octanol–water partition coefficient (Wildman–Crippen LogP) is 12.3. The zero-order valence-corrected chi connectivity index (χ0v) is 31.8. The van der Waals surface area contributed by atoms with Gasteiger partial charge in [0.05, 0.1) is 24.4 Å². The van der Waals surface area contributed by atoms with E-state index in [0.717, 1.165) is 44.1 Å². The molecule has 2 heterocycles. The Labute approximate surface area is 300 Å². The highest BCUT2D eigenvalue weighted by molar-refractivity contribution is 5.74. The second-order valence-electron chi connectivity index (χ2n) is 15.1. The molecular formula is C43H72O6. The molecule has 4 atom stereocenters. The number of epoxide rings is 2. The van der Waals surface area contributed by atoms with Crippen LogP contribution in [0.1, 0.15) is 199 Å². The average Bonchev–Trinajstić information content (AvgIpc) is 4.00. The van der Waals surface area contributed by atoms with E-state index in [1.54, 1.807) is 6.07 Å². The van der Waals surface area contributed by atoms with Crippen molar-refractivity contribution in [3.05, 3.63) is 23.8 Å². The van der Waals surface area contributed by atoms with Crippen molar-refractivity contribution in [2.24, 2.45) is 0 Å². The Kier molecular flexibility index (Phi) is 22.0. The molecule has 0 amide bonds. The summed E-state index contributed by atoms with van der Waals surface area (Å²) in [6.45, 7) is 6.45. The molecule has 1 aromatic rings. The lowest BCUT2D eigenvalue weighted by atomic mass is 10.0. The number of hydrogen-bond acceptors (Lipinski definition) is 6. The van der Waals surface area contributed by atoms with Gasteiger partial charge in [0.2, 0.25) is 0 Å². The van der Waals surface area contributed by atoms with E-state index in [1.165, 1.54) is 128 Å². The van der Waals surface area contributed by atoms with E-state index in [2.05, 4.69) is 13.8 Å². The Hall–Kier alpha value is -1.92.